The minimum Gasteiger partial charge on any atom is -0.396 e. The third-order valence-corrected chi connectivity index (χ3v) is 8.76. The van der Waals surface area contributed by atoms with Gasteiger partial charge in [-0.3, -0.25) is 0 Å². The molecule has 0 atom stereocenters. The van der Waals surface area contributed by atoms with Crippen molar-refractivity contribution in [3.05, 3.63) is 108 Å². The van der Waals surface area contributed by atoms with E-state index < -0.39 is 35.1 Å². The quantitative estimate of drug-likeness (QED) is 0.283. The molecule has 0 saturated carbocycles. The van der Waals surface area contributed by atoms with Crippen LogP contribution < -0.4 is 0 Å². The van der Waals surface area contributed by atoms with Gasteiger partial charge in [0.25, 0.3) is 0 Å². The van der Waals surface area contributed by atoms with Crippen LogP contribution in [0.25, 0.3) is 0 Å². The number of ether oxygens (including phenoxy) is 8. The van der Waals surface area contributed by atoms with E-state index in [4.69, 9.17) is 37.9 Å². The zero-order valence-electron chi connectivity index (χ0n) is 26.0. The first-order valence-electron chi connectivity index (χ1n) is 15.8. The second-order valence-corrected chi connectivity index (χ2v) is 12.9. The monoisotopic (exact) mass is 636 g/mol. The van der Waals surface area contributed by atoms with Crippen molar-refractivity contribution in [1.82, 2.24) is 0 Å². The van der Waals surface area contributed by atoms with E-state index in [1.54, 1.807) is 0 Å². The summed E-state index contributed by atoms with van der Waals surface area (Å²) < 4.78 is 49.0. The molecule has 0 aromatic heterocycles. The van der Waals surface area contributed by atoms with E-state index in [2.05, 4.69) is 0 Å². The van der Waals surface area contributed by atoms with Gasteiger partial charge in [-0.15, -0.1) is 0 Å². The van der Waals surface area contributed by atoms with Crippen molar-refractivity contribution < 1.29 is 48.1 Å². The van der Waals surface area contributed by atoms with Gasteiger partial charge in [-0.1, -0.05) is 91.0 Å². The van der Waals surface area contributed by atoms with E-state index in [1.807, 2.05) is 91.0 Å². The van der Waals surface area contributed by atoms with Crippen LogP contribution in [0.3, 0.4) is 0 Å². The Bertz CT molecular complexity index is 1220. The van der Waals surface area contributed by atoms with Gasteiger partial charge < -0.3 is 48.1 Å². The average molecular weight is 637 g/mol. The summed E-state index contributed by atoms with van der Waals surface area (Å²) in [7, 11) is 0. The second kappa shape index (κ2) is 15.4. The molecule has 248 valence electrons. The van der Waals surface area contributed by atoms with E-state index >= 15 is 0 Å². The summed E-state index contributed by atoms with van der Waals surface area (Å²) in [5.41, 5.74) is 0.753. The SMILES string of the molecule is OCC1(COCC2(COCC3(CO)COC(c4ccccc4)OC3)COC(c3ccccc3)OC2)COC(c2ccccc2)OC1. The predicted octanol–water partition coefficient (Wildman–Crippen LogP) is 4.20. The molecule has 10 heteroatoms. The third-order valence-electron chi connectivity index (χ3n) is 8.76. The molecule has 0 unspecified atom stereocenters. The molecule has 3 fully saturated rings. The van der Waals surface area contributed by atoms with E-state index in [1.165, 1.54) is 0 Å². The highest BCUT2D eigenvalue weighted by atomic mass is 16.7. The molecule has 3 aliphatic heterocycles. The minimum atomic E-state index is -0.705. The van der Waals surface area contributed by atoms with Crippen LogP contribution in [-0.4, -0.2) is 89.5 Å². The van der Waals surface area contributed by atoms with Crippen molar-refractivity contribution in [3.63, 3.8) is 0 Å². The molecule has 3 saturated heterocycles. The van der Waals surface area contributed by atoms with Gasteiger partial charge in [-0.2, -0.15) is 0 Å². The zero-order chi connectivity index (χ0) is 31.7. The zero-order valence-corrected chi connectivity index (χ0v) is 26.0. The van der Waals surface area contributed by atoms with Crippen molar-refractivity contribution in [2.45, 2.75) is 18.9 Å². The van der Waals surface area contributed by atoms with Gasteiger partial charge in [0.2, 0.25) is 0 Å². The molecule has 3 aliphatic rings. The Morgan fingerprint density at radius 2 is 0.696 bits per heavy atom. The number of hydrogen-bond donors (Lipinski definition) is 2. The van der Waals surface area contributed by atoms with Crippen molar-refractivity contribution in [3.8, 4) is 0 Å². The second-order valence-electron chi connectivity index (χ2n) is 12.9. The fourth-order valence-corrected chi connectivity index (χ4v) is 5.81. The van der Waals surface area contributed by atoms with Crippen LogP contribution in [0.4, 0.5) is 0 Å². The molecular weight excluding hydrogens is 592 g/mol. The van der Waals surface area contributed by atoms with Crippen LogP contribution in [-0.2, 0) is 37.9 Å². The fourth-order valence-electron chi connectivity index (χ4n) is 5.81. The van der Waals surface area contributed by atoms with E-state index in [0.717, 1.165) is 16.7 Å². The molecule has 0 amide bonds. The third kappa shape index (κ3) is 8.03. The number of benzene rings is 3. The Morgan fingerprint density at radius 3 is 0.978 bits per heavy atom. The van der Waals surface area contributed by atoms with Crippen LogP contribution in [0.2, 0.25) is 0 Å². The van der Waals surface area contributed by atoms with Gasteiger partial charge in [-0.05, 0) is 0 Å². The average Bonchev–Trinajstić information content (AvgIpc) is 3.13. The van der Waals surface area contributed by atoms with Gasteiger partial charge in [0.1, 0.15) is 0 Å². The Kier molecular flexibility index (Phi) is 11.1. The lowest BCUT2D eigenvalue weighted by molar-refractivity contribution is -0.275. The van der Waals surface area contributed by atoms with Crippen LogP contribution in [0.1, 0.15) is 35.6 Å². The summed E-state index contributed by atoms with van der Waals surface area (Å²) in [4.78, 5) is 0. The first kappa shape index (κ1) is 33.2. The lowest BCUT2D eigenvalue weighted by atomic mass is 9.88. The molecule has 0 spiro atoms. The number of rotatable bonds is 13. The highest BCUT2D eigenvalue weighted by Crippen LogP contribution is 2.37. The van der Waals surface area contributed by atoms with Gasteiger partial charge in [0, 0.05) is 16.7 Å². The van der Waals surface area contributed by atoms with Gasteiger partial charge in [0.05, 0.1) is 95.5 Å². The first-order chi connectivity index (χ1) is 22.6. The summed E-state index contributed by atoms with van der Waals surface area (Å²) in [5, 5.41) is 20.7. The van der Waals surface area contributed by atoms with E-state index in [9.17, 15) is 10.2 Å². The van der Waals surface area contributed by atoms with Crippen LogP contribution in [0, 0.1) is 16.2 Å². The molecule has 0 bridgehead atoms. The Morgan fingerprint density at radius 1 is 0.435 bits per heavy atom. The molecule has 10 nitrogen and oxygen atoms in total. The highest BCUT2D eigenvalue weighted by Gasteiger charge is 2.43. The molecule has 46 heavy (non-hydrogen) atoms. The lowest BCUT2D eigenvalue weighted by Crippen LogP contribution is -2.50. The molecule has 0 radical (unpaired) electrons. The maximum atomic E-state index is 10.3. The highest BCUT2D eigenvalue weighted by molar-refractivity contribution is 5.18. The van der Waals surface area contributed by atoms with E-state index in [-0.39, 0.29) is 39.6 Å². The molecule has 3 aromatic rings. The molecule has 2 N–H and O–H groups in total. The Hall–Kier alpha value is -2.74. The van der Waals surface area contributed by atoms with Gasteiger partial charge in [-0.25, -0.2) is 0 Å². The first-order valence-corrected chi connectivity index (χ1v) is 15.8. The van der Waals surface area contributed by atoms with Crippen LogP contribution >= 0.6 is 0 Å². The maximum absolute atomic E-state index is 10.3. The van der Waals surface area contributed by atoms with Crippen molar-refractivity contribution in [2.24, 2.45) is 16.2 Å². The predicted molar refractivity (Wildman–Crippen MR) is 166 cm³/mol. The van der Waals surface area contributed by atoms with Gasteiger partial charge >= 0.3 is 0 Å². The summed E-state index contributed by atoms with van der Waals surface area (Å²) >= 11 is 0. The Labute approximate surface area is 270 Å². The van der Waals surface area contributed by atoms with E-state index in [0.29, 0.717) is 39.6 Å². The van der Waals surface area contributed by atoms with Crippen molar-refractivity contribution in [2.75, 3.05) is 79.3 Å². The smallest absolute Gasteiger partial charge is 0.183 e. The summed E-state index contributed by atoms with van der Waals surface area (Å²) in [5.74, 6) is 0. The standard InChI is InChI=1S/C36H44O10/c37-16-34(22-41-31(42-23-34)28-10-4-1-5-11-28)18-39-20-36(26-45-33(46-27-36)30-14-8-3-9-15-30)21-40-19-35(17-38)24-43-32(44-25-35)29-12-6-2-7-13-29/h1-15,31-33,37-38H,16-27H2. The molecule has 3 heterocycles. The summed E-state index contributed by atoms with van der Waals surface area (Å²) in [6, 6.07) is 29.3. The van der Waals surface area contributed by atoms with Gasteiger partial charge in [0.15, 0.2) is 18.9 Å². The summed E-state index contributed by atoms with van der Waals surface area (Å²) in [6.07, 6.45) is -1.46. The van der Waals surface area contributed by atoms with Crippen LogP contribution in [0.5, 0.6) is 0 Å². The molecular formula is C36H44O10. The normalized spacial score (nSPS) is 31.8. The molecule has 3 aromatic carbocycles. The van der Waals surface area contributed by atoms with Crippen molar-refractivity contribution >= 4 is 0 Å². The number of hydrogen-bond acceptors (Lipinski definition) is 10. The molecule has 6 rings (SSSR count). The number of aliphatic hydroxyl groups is 2. The van der Waals surface area contributed by atoms with Crippen LogP contribution in [0.15, 0.2) is 91.0 Å². The minimum absolute atomic E-state index is 0.149. The topological polar surface area (TPSA) is 114 Å². The largest absolute Gasteiger partial charge is 0.396 e. The van der Waals surface area contributed by atoms with Crippen molar-refractivity contribution in [1.29, 1.82) is 0 Å². The molecule has 0 aliphatic carbocycles. The Balaban J connectivity index is 1.05. The summed E-state index contributed by atoms with van der Waals surface area (Å²) in [6.45, 7) is 2.48. The number of aliphatic hydroxyl groups excluding tert-OH is 2. The lowest BCUT2D eigenvalue weighted by Gasteiger charge is -2.43. The fraction of sp³-hybridized carbons (Fsp3) is 0.500. The maximum Gasteiger partial charge on any atom is 0.183 e.